The molecular formula is C13H16N2O5S. The van der Waals surface area contributed by atoms with Gasteiger partial charge in [0, 0.05) is 19.2 Å². The third-order valence-corrected chi connectivity index (χ3v) is 4.66. The Morgan fingerprint density at radius 1 is 1.38 bits per heavy atom. The second-order valence-corrected chi connectivity index (χ2v) is 6.73. The number of nitrogens with zero attached hydrogens (tertiary/aromatic N) is 2. The molecule has 1 aromatic carbocycles. The van der Waals surface area contributed by atoms with Crippen LogP contribution < -0.4 is 4.74 Å². The van der Waals surface area contributed by atoms with Gasteiger partial charge in [-0.1, -0.05) is 6.08 Å². The maximum absolute atomic E-state index is 11.5. The van der Waals surface area contributed by atoms with Crippen LogP contribution in [-0.4, -0.2) is 44.1 Å². The van der Waals surface area contributed by atoms with Crippen molar-refractivity contribution in [3.63, 3.8) is 0 Å². The molecule has 0 saturated carbocycles. The zero-order valence-electron chi connectivity index (χ0n) is 11.8. The van der Waals surface area contributed by atoms with E-state index in [0.29, 0.717) is 19.5 Å². The number of hydrogen-bond donors (Lipinski definition) is 0. The Kier molecular flexibility index (Phi) is 4.29. The molecule has 0 N–H and O–H groups in total. The molecule has 0 unspecified atom stereocenters. The Labute approximate surface area is 123 Å². The van der Waals surface area contributed by atoms with Gasteiger partial charge in [0.15, 0.2) is 5.75 Å². The van der Waals surface area contributed by atoms with Gasteiger partial charge in [-0.3, -0.25) is 10.1 Å². The predicted octanol–water partition coefficient (Wildman–Crippen LogP) is 1.65. The van der Waals surface area contributed by atoms with Crippen molar-refractivity contribution in [3.8, 4) is 5.75 Å². The summed E-state index contributed by atoms with van der Waals surface area (Å²) in [5.74, 6) is 0.198. The summed E-state index contributed by atoms with van der Waals surface area (Å²) in [6, 6.07) is 4.67. The topological polar surface area (TPSA) is 89.8 Å². The summed E-state index contributed by atoms with van der Waals surface area (Å²) in [6.45, 7) is 0.720. The lowest BCUT2D eigenvalue weighted by molar-refractivity contribution is -0.385. The van der Waals surface area contributed by atoms with Gasteiger partial charge in [-0.2, -0.15) is 4.31 Å². The summed E-state index contributed by atoms with van der Waals surface area (Å²) in [5, 5.41) is 10.9. The molecule has 21 heavy (non-hydrogen) atoms. The van der Waals surface area contributed by atoms with Gasteiger partial charge in [-0.25, -0.2) is 8.42 Å². The van der Waals surface area contributed by atoms with E-state index in [1.165, 1.54) is 23.7 Å². The van der Waals surface area contributed by atoms with E-state index in [-0.39, 0.29) is 11.4 Å². The van der Waals surface area contributed by atoms with Gasteiger partial charge in [-0.05, 0) is 29.7 Å². The highest BCUT2D eigenvalue weighted by Gasteiger charge is 2.22. The van der Waals surface area contributed by atoms with Gasteiger partial charge in [-0.15, -0.1) is 0 Å². The standard InChI is InChI=1S/C13H16N2O5S/c1-20-13-9-11(3-4-12(13)15(16)17)10-5-7-14(8-6-10)21(2,18)19/h3-5,9H,6-8H2,1-2H3. The number of ether oxygens (including phenoxy) is 1. The maximum Gasteiger partial charge on any atom is 0.310 e. The summed E-state index contributed by atoms with van der Waals surface area (Å²) in [4.78, 5) is 10.4. The lowest BCUT2D eigenvalue weighted by Crippen LogP contribution is -2.33. The van der Waals surface area contributed by atoms with E-state index in [1.807, 2.05) is 6.08 Å². The zero-order chi connectivity index (χ0) is 15.6. The van der Waals surface area contributed by atoms with E-state index in [4.69, 9.17) is 4.74 Å². The lowest BCUT2D eigenvalue weighted by atomic mass is 9.99. The van der Waals surface area contributed by atoms with E-state index in [0.717, 1.165) is 11.1 Å². The Morgan fingerprint density at radius 2 is 2.10 bits per heavy atom. The number of rotatable bonds is 4. The van der Waals surface area contributed by atoms with Crippen LogP contribution >= 0.6 is 0 Å². The molecule has 114 valence electrons. The normalized spacial score (nSPS) is 16.4. The lowest BCUT2D eigenvalue weighted by Gasteiger charge is -2.24. The quantitative estimate of drug-likeness (QED) is 0.623. The minimum atomic E-state index is -3.19. The van der Waals surface area contributed by atoms with Crippen LogP contribution in [0.5, 0.6) is 5.75 Å². The van der Waals surface area contributed by atoms with Crippen molar-refractivity contribution in [2.75, 3.05) is 26.5 Å². The van der Waals surface area contributed by atoms with Gasteiger partial charge in [0.05, 0.1) is 18.3 Å². The Hall–Kier alpha value is -1.93. The van der Waals surface area contributed by atoms with Crippen molar-refractivity contribution in [2.45, 2.75) is 6.42 Å². The molecule has 0 aromatic heterocycles. The largest absolute Gasteiger partial charge is 0.490 e. The minimum absolute atomic E-state index is 0.0876. The second kappa shape index (κ2) is 5.82. The highest BCUT2D eigenvalue weighted by molar-refractivity contribution is 7.88. The van der Waals surface area contributed by atoms with Crippen LogP contribution in [0.25, 0.3) is 5.57 Å². The third kappa shape index (κ3) is 3.40. The number of methoxy groups -OCH3 is 1. The Bertz CT molecular complexity index is 697. The molecule has 0 amide bonds. The van der Waals surface area contributed by atoms with Crippen molar-refractivity contribution < 1.29 is 18.1 Å². The van der Waals surface area contributed by atoms with Crippen LogP contribution in [0.1, 0.15) is 12.0 Å². The molecule has 1 aromatic rings. The van der Waals surface area contributed by atoms with E-state index in [1.54, 1.807) is 12.1 Å². The van der Waals surface area contributed by atoms with Crippen LogP contribution in [0.15, 0.2) is 24.3 Å². The van der Waals surface area contributed by atoms with Gasteiger partial charge in [0.2, 0.25) is 10.0 Å². The average molecular weight is 312 g/mol. The number of hydrogen-bond acceptors (Lipinski definition) is 5. The minimum Gasteiger partial charge on any atom is -0.490 e. The van der Waals surface area contributed by atoms with Gasteiger partial charge < -0.3 is 4.74 Å². The monoisotopic (exact) mass is 312 g/mol. The molecule has 0 aliphatic carbocycles. The van der Waals surface area contributed by atoms with Gasteiger partial charge >= 0.3 is 5.69 Å². The van der Waals surface area contributed by atoms with Crippen molar-refractivity contribution in [2.24, 2.45) is 0 Å². The van der Waals surface area contributed by atoms with Crippen molar-refractivity contribution >= 4 is 21.3 Å². The second-order valence-electron chi connectivity index (χ2n) is 4.74. The zero-order valence-corrected chi connectivity index (χ0v) is 12.6. The van der Waals surface area contributed by atoms with Gasteiger partial charge in [0.25, 0.3) is 0 Å². The molecule has 0 saturated heterocycles. The first-order valence-corrected chi connectivity index (χ1v) is 8.14. The molecule has 1 aliphatic rings. The summed E-state index contributed by atoms with van der Waals surface area (Å²) < 4.78 is 29.3. The predicted molar refractivity (Wildman–Crippen MR) is 78.7 cm³/mol. The first-order valence-electron chi connectivity index (χ1n) is 6.30. The fraction of sp³-hybridized carbons (Fsp3) is 0.385. The van der Waals surface area contributed by atoms with Crippen molar-refractivity contribution in [1.82, 2.24) is 4.31 Å². The molecule has 1 heterocycles. The van der Waals surface area contributed by atoms with Crippen LogP contribution in [0, 0.1) is 10.1 Å². The smallest absolute Gasteiger partial charge is 0.310 e. The summed E-state index contributed by atoms with van der Waals surface area (Å²) in [6.07, 6.45) is 3.57. The first kappa shape index (κ1) is 15.5. The Balaban J connectivity index is 2.28. The average Bonchev–Trinajstić information content (AvgIpc) is 2.45. The molecule has 2 rings (SSSR count). The molecular weight excluding hydrogens is 296 g/mol. The van der Waals surface area contributed by atoms with E-state index >= 15 is 0 Å². The fourth-order valence-electron chi connectivity index (χ4n) is 2.24. The Morgan fingerprint density at radius 3 is 2.57 bits per heavy atom. The molecule has 7 nitrogen and oxygen atoms in total. The van der Waals surface area contributed by atoms with Crippen LogP contribution in [0.3, 0.4) is 0 Å². The van der Waals surface area contributed by atoms with E-state index in [9.17, 15) is 18.5 Å². The summed E-state index contributed by atoms with van der Waals surface area (Å²) in [5.41, 5.74) is 1.68. The molecule has 0 bridgehead atoms. The molecule has 0 spiro atoms. The number of benzene rings is 1. The van der Waals surface area contributed by atoms with Crippen molar-refractivity contribution in [1.29, 1.82) is 0 Å². The molecule has 1 aliphatic heterocycles. The number of sulfonamides is 1. The highest BCUT2D eigenvalue weighted by atomic mass is 32.2. The summed E-state index contributed by atoms with van der Waals surface area (Å²) >= 11 is 0. The van der Waals surface area contributed by atoms with Crippen LogP contribution in [0.2, 0.25) is 0 Å². The van der Waals surface area contributed by atoms with E-state index in [2.05, 4.69) is 0 Å². The molecule has 0 fully saturated rings. The molecule has 8 heteroatoms. The van der Waals surface area contributed by atoms with Crippen LogP contribution in [-0.2, 0) is 10.0 Å². The SMILES string of the molecule is COc1cc(C2=CCN(S(C)(=O)=O)CC2)ccc1[N+](=O)[O-]. The number of nitro groups is 1. The molecule has 0 radical (unpaired) electrons. The third-order valence-electron chi connectivity index (χ3n) is 3.39. The molecule has 0 atom stereocenters. The fourth-order valence-corrected chi connectivity index (χ4v) is 3.01. The van der Waals surface area contributed by atoms with E-state index < -0.39 is 14.9 Å². The van der Waals surface area contributed by atoms with Gasteiger partial charge in [0.1, 0.15) is 0 Å². The number of nitro benzene ring substituents is 1. The first-order chi connectivity index (χ1) is 9.82. The maximum atomic E-state index is 11.5. The van der Waals surface area contributed by atoms with Crippen molar-refractivity contribution in [3.05, 3.63) is 40.0 Å². The van der Waals surface area contributed by atoms with Crippen LogP contribution in [0.4, 0.5) is 5.69 Å². The highest BCUT2D eigenvalue weighted by Crippen LogP contribution is 2.32. The summed E-state index contributed by atoms with van der Waals surface area (Å²) in [7, 11) is -1.81.